The fraction of sp³-hybridized carbons (Fsp3) is 0.214. The molecule has 2 heterocycles. The molecular formula is C14H10ClF4N5. The van der Waals surface area contributed by atoms with Crippen LogP contribution in [0.1, 0.15) is 11.4 Å². The molecule has 0 fully saturated rings. The van der Waals surface area contributed by atoms with Gasteiger partial charge in [-0.1, -0.05) is 17.7 Å². The summed E-state index contributed by atoms with van der Waals surface area (Å²) in [5.41, 5.74) is 0.187. The summed E-state index contributed by atoms with van der Waals surface area (Å²) in [5.74, 6) is -1.54. The van der Waals surface area contributed by atoms with Crippen molar-refractivity contribution >= 4 is 23.1 Å². The van der Waals surface area contributed by atoms with Gasteiger partial charge in [-0.15, -0.1) is 15.3 Å². The van der Waals surface area contributed by atoms with Crippen LogP contribution in [-0.4, -0.2) is 26.9 Å². The number of hydrogen-bond acceptors (Lipinski definition) is 4. The van der Waals surface area contributed by atoms with E-state index < -0.39 is 17.8 Å². The molecule has 0 saturated heterocycles. The van der Waals surface area contributed by atoms with Gasteiger partial charge in [0.15, 0.2) is 5.65 Å². The Balaban J connectivity index is 1.97. The lowest BCUT2D eigenvalue weighted by molar-refractivity contribution is -0.146. The highest BCUT2D eigenvalue weighted by Gasteiger charge is 2.37. The van der Waals surface area contributed by atoms with Crippen molar-refractivity contribution < 1.29 is 17.6 Å². The van der Waals surface area contributed by atoms with Gasteiger partial charge in [0.25, 0.3) is 5.82 Å². The van der Waals surface area contributed by atoms with Gasteiger partial charge < -0.3 is 4.90 Å². The lowest BCUT2D eigenvalue weighted by Crippen LogP contribution is -2.21. The molecule has 3 aromatic rings. The first-order valence-corrected chi connectivity index (χ1v) is 7.09. The Labute approximate surface area is 138 Å². The van der Waals surface area contributed by atoms with Gasteiger partial charge in [0, 0.05) is 24.2 Å². The molecule has 1 aromatic carbocycles. The van der Waals surface area contributed by atoms with Gasteiger partial charge in [0.05, 0.1) is 0 Å². The van der Waals surface area contributed by atoms with Crippen LogP contribution in [0.25, 0.3) is 5.65 Å². The maximum Gasteiger partial charge on any atom is 0.453 e. The molecule has 0 amide bonds. The monoisotopic (exact) mass is 359 g/mol. The molecule has 0 spiro atoms. The minimum absolute atomic E-state index is 0.0352. The Morgan fingerprint density at radius 3 is 2.58 bits per heavy atom. The zero-order valence-electron chi connectivity index (χ0n) is 12.2. The van der Waals surface area contributed by atoms with E-state index >= 15 is 0 Å². The summed E-state index contributed by atoms with van der Waals surface area (Å²) in [5, 5.41) is 10.6. The minimum atomic E-state index is -4.68. The SMILES string of the molecule is CN(Cc1c(F)cccc1Cl)c1ccc2nnc(C(F)(F)F)n2n1. The fourth-order valence-corrected chi connectivity index (χ4v) is 2.38. The van der Waals surface area contributed by atoms with E-state index in [0.29, 0.717) is 4.52 Å². The first kappa shape index (κ1) is 16.4. The molecule has 3 rings (SSSR count). The number of nitrogens with zero attached hydrogens (tertiary/aromatic N) is 5. The molecule has 0 bridgehead atoms. The first-order valence-electron chi connectivity index (χ1n) is 6.71. The predicted molar refractivity (Wildman–Crippen MR) is 79.3 cm³/mol. The molecule has 0 N–H and O–H groups in total. The molecule has 0 aliphatic rings. The van der Waals surface area contributed by atoms with E-state index in [1.54, 1.807) is 7.05 Å². The standard InChI is InChI=1S/C14H10ClF4N5/c1-23(7-8-9(15)3-2-4-10(8)16)12-6-5-11-20-21-13(14(17,18)19)24(11)22-12/h2-6H,7H2,1H3. The fourth-order valence-electron chi connectivity index (χ4n) is 2.16. The second-order valence-corrected chi connectivity index (χ2v) is 5.45. The van der Waals surface area contributed by atoms with Gasteiger partial charge in [-0.3, -0.25) is 0 Å². The number of anilines is 1. The molecular weight excluding hydrogens is 350 g/mol. The van der Waals surface area contributed by atoms with Gasteiger partial charge in [-0.25, -0.2) is 4.39 Å². The smallest absolute Gasteiger partial charge is 0.354 e. The highest BCUT2D eigenvalue weighted by atomic mass is 35.5. The highest BCUT2D eigenvalue weighted by Crippen LogP contribution is 2.28. The van der Waals surface area contributed by atoms with Gasteiger partial charge in [0.1, 0.15) is 11.6 Å². The van der Waals surface area contributed by atoms with Crippen molar-refractivity contribution in [3.05, 3.63) is 52.6 Å². The average molecular weight is 360 g/mol. The quantitative estimate of drug-likeness (QED) is 0.671. The van der Waals surface area contributed by atoms with Crippen LogP contribution in [0.2, 0.25) is 5.02 Å². The van der Waals surface area contributed by atoms with Gasteiger partial charge in [-0.05, 0) is 24.3 Å². The molecule has 10 heteroatoms. The van der Waals surface area contributed by atoms with Gasteiger partial charge in [-0.2, -0.15) is 17.7 Å². The maximum absolute atomic E-state index is 13.8. The number of benzene rings is 1. The van der Waals surface area contributed by atoms with Crippen LogP contribution in [0.5, 0.6) is 0 Å². The third kappa shape index (κ3) is 2.99. The molecule has 0 atom stereocenters. The topological polar surface area (TPSA) is 46.3 Å². The molecule has 24 heavy (non-hydrogen) atoms. The number of halogens is 5. The Morgan fingerprint density at radius 2 is 1.92 bits per heavy atom. The van der Waals surface area contributed by atoms with Crippen molar-refractivity contribution in [1.29, 1.82) is 0 Å². The van der Waals surface area contributed by atoms with Crippen LogP contribution in [0, 0.1) is 5.82 Å². The second-order valence-electron chi connectivity index (χ2n) is 5.04. The number of fused-ring (bicyclic) bond motifs is 1. The van der Waals surface area contributed by atoms with E-state index in [1.807, 2.05) is 0 Å². The zero-order chi connectivity index (χ0) is 17.5. The molecule has 0 aliphatic carbocycles. The molecule has 2 aromatic heterocycles. The number of hydrogen-bond donors (Lipinski definition) is 0. The van der Waals surface area contributed by atoms with Crippen LogP contribution in [0.15, 0.2) is 30.3 Å². The Kier molecular flexibility index (Phi) is 4.04. The van der Waals surface area contributed by atoms with E-state index in [1.165, 1.54) is 35.2 Å². The Bertz CT molecular complexity index is 872. The Hall–Kier alpha value is -2.42. The van der Waals surface area contributed by atoms with Crippen LogP contribution in [-0.2, 0) is 12.7 Å². The van der Waals surface area contributed by atoms with E-state index in [2.05, 4.69) is 15.3 Å². The lowest BCUT2D eigenvalue weighted by Gasteiger charge is -2.19. The van der Waals surface area contributed by atoms with E-state index in [9.17, 15) is 17.6 Å². The van der Waals surface area contributed by atoms with Crippen molar-refractivity contribution in [2.45, 2.75) is 12.7 Å². The van der Waals surface area contributed by atoms with Gasteiger partial charge in [0.2, 0.25) is 0 Å². The highest BCUT2D eigenvalue weighted by molar-refractivity contribution is 6.31. The zero-order valence-corrected chi connectivity index (χ0v) is 13.0. The molecule has 0 aliphatic heterocycles. The predicted octanol–water partition coefficient (Wildman–Crippen LogP) is 3.57. The summed E-state index contributed by atoms with van der Waals surface area (Å²) in [7, 11) is 1.56. The van der Waals surface area contributed by atoms with Crippen molar-refractivity contribution in [3.63, 3.8) is 0 Å². The molecule has 5 nitrogen and oxygen atoms in total. The number of alkyl halides is 3. The van der Waals surface area contributed by atoms with Crippen LogP contribution < -0.4 is 4.90 Å². The second kappa shape index (κ2) is 5.90. The van der Waals surface area contributed by atoms with E-state index in [0.717, 1.165) is 0 Å². The normalized spacial score (nSPS) is 11.9. The summed E-state index contributed by atoms with van der Waals surface area (Å²) >= 11 is 5.96. The minimum Gasteiger partial charge on any atom is -0.354 e. The van der Waals surface area contributed by atoms with Crippen molar-refractivity contribution in [2.24, 2.45) is 0 Å². The van der Waals surface area contributed by atoms with Gasteiger partial charge >= 0.3 is 6.18 Å². The Morgan fingerprint density at radius 1 is 1.17 bits per heavy atom. The summed E-state index contributed by atoms with van der Waals surface area (Å²) in [4.78, 5) is 1.48. The van der Waals surface area contributed by atoms with Crippen molar-refractivity contribution in [3.8, 4) is 0 Å². The lowest BCUT2D eigenvalue weighted by atomic mass is 10.2. The summed E-state index contributed by atoms with van der Waals surface area (Å²) in [6, 6.07) is 7.08. The molecule has 0 saturated carbocycles. The summed E-state index contributed by atoms with van der Waals surface area (Å²) in [6.07, 6.45) is -4.68. The summed E-state index contributed by atoms with van der Waals surface area (Å²) in [6.45, 7) is 0.0352. The number of rotatable bonds is 3. The third-order valence-corrected chi connectivity index (χ3v) is 3.70. The van der Waals surface area contributed by atoms with Crippen LogP contribution in [0.4, 0.5) is 23.4 Å². The van der Waals surface area contributed by atoms with E-state index in [-0.39, 0.29) is 28.6 Å². The average Bonchev–Trinajstić information content (AvgIpc) is 2.94. The largest absolute Gasteiger partial charge is 0.453 e. The molecule has 0 unspecified atom stereocenters. The first-order chi connectivity index (χ1) is 11.3. The van der Waals surface area contributed by atoms with Crippen molar-refractivity contribution in [1.82, 2.24) is 19.8 Å². The maximum atomic E-state index is 13.8. The third-order valence-electron chi connectivity index (χ3n) is 3.35. The van der Waals surface area contributed by atoms with Crippen molar-refractivity contribution in [2.75, 3.05) is 11.9 Å². The van der Waals surface area contributed by atoms with E-state index in [4.69, 9.17) is 11.6 Å². The van der Waals surface area contributed by atoms with Crippen LogP contribution in [0.3, 0.4) is 0 Å². The molecule has 0 radical (unpaired) electrons. The summed E-state index contributed by atoms with van der Waals surface area (Å²) < 4.78 is 53.1. The number of aromatic nitrogens is 4. The van der Waals surface area contributed by atoms with Crippen LogP contribution >= 0.6 is 11.6 Å². The molecule has 126 valence electrons.